The van der Waals surface area contributed by atoms with E-state index < -0.39 is 5.91 Å². The van der Waals surface area contributed by atoms with Crippen LogP contribution in [0.1, 0.15) is 27.6 Å². The number of fused-ring (bicyclic) bond motifs is 1. The third kappa shape index (κ3) is 3.30. The summed E-state index contributed by atoms with van der Waals surface area (Å²) in [5.41, 5.74) is 0.721. The first-order valence-electron chi connectivity index (χ1n) is 7.88. The SMILES string of the molecule is CCOc1ccc(NC(=O)c2cc3ccccc3c(C=O)c2O)cc1. The van der Waals surface area contributed by atoms with Gasteiger partial charge < -0.3 is 15.2 Å². The van der Waals surface area contributed by atoms with Crippen molar-refractivity contribution in [3.8, 4) is 11.5 Å². The molecule has 0 radical (unpaired) electrons. The lowest BCUT2D eigenvalue weighted by Gasteiger charge is -2.11. The number of carbonyl (C=O) groups excluding carboxylic acids is 2. The van der Waals surface area contributed by atoms with Crippen LogP contribution in [-0.4, -0.2) is 23.9 Å². The predicted molar refractivity (Wildman–Crippen MR) is 96.6 cm³/mol. The average Bonchev–Trinajstić information content (AvgIpc) is 2.63. The lowest BCUT2D eigenvalue weighted by Crippen LogP contribution is -2.13. The van der Waals surface area contributed by atoms with Crippen LogP contribution < -0.4 is 10.1 Å². The number of hydrogen-bond acceptors (Lipinski definition) is 4. The maximum atomic E-state index is 12.5. The minimum absolute atomic E-state index is 0.0506. The van der Waals surface area contributed by atoms with E-state index in [1.807, 2.05) is 13.0 Å². The maximum Gasteiger partial charge on any atom is 0.259 e. The van der Waals surface area contributed by atoms with Gasteiger partial charge in [-0.1, -0.05) is 24.3 Å². The molecule has 0 aromatic heterocycles. The summed E-state index contributed by atoms with van der Waals surface area (Å²) in [7, 11) is 0. The summed E-state index contributed by atoms with van der Waals surface area (Å²) in [6.45, 7) is 2.45. The van der Waals surface area contributed by atoms with Crippen molar-refractivity contribution in [1.82, 2.24) is 0 Å². The van der Waals surface area contributed by atoms with E-state index >= 15 is 0 Å². The molecule has 0 saturated carbocycles. The zero-order valence-electron chi connectivity index (χ0n) is 13.7. The molecular formula is C20H17NO4. The summed E-state index contributed by atoms with van der Waals surface area (Å²) in [6, 6.07) is 15.6. The zero-order chi connectivity index (χ0) is 17.8. The smallest absolute Gasteiger partial charge is 0.259 e. The largest absolute Gasteiger partial charge is 0.506 e. The number of phenols is 1. The fourth-order valence-electron chi connectivity index (χ4n) is 2.66. The lowest BCUT2D eigenvalue weighted by atomic mass is 9.99. The van der Waals surface area contributed by atoms with Gasteiger partial charge >= 0.3 is 0 Å². The molecule has 3 rings (SSSR count). The lowest BCUT2D eigenvalue weighted by molar-refractivity contribution is 0.102. The number of nitrogens with one attached hydrogen (secondary N) is 1. The van der Waals surface area contributed by atoms with E-state index in [0.717, 1.165) is 0 Å². The molecule has 0 aliphatic rings. The molecule has 0 spiro atoms. The van der Waals surface area contributed by atoms with Crippen LogP contribution in [0.3, 0.4) is 0 Å². The standard InChI is InChI=1S/C20H17NO4/c1-2-25-15-9-7-14(8-10-15)21-20(24)17-11-13-5-3-4-6-16(13)18(12-22)19(17)23/h3-12,23H,2H2,1H3,(H,21,24). The number of aromatic hydroxyl groups is 1. The van der Waals surface area contributed by atoms with Crippen LogP contribution in [0.15, 0.2) is 54.6 Å². The Kier molecular flexibility index (Phi) is 4.66. The van der Waals surface area contributed by atoms with Gasteiger partial charge in [0.25, 0.3) is 5.91 Å². The highest BCUT2D eigenvalue weighted by Crippen LogP contribution is 2.30. The molecule has 3 aromatic rings. The third-order valence-electron chi connectivity index (χ3n) is 3.85. The molecule has 0 aliphatic carbocycles. The van der Waals surface area contributed by atoms with Crippen molar-refractivity contribution in [3.05, 3.63) is 65.7 Å². The van der Waals surface area contributed by atoms with Crippen molar-refractivity contribution in [2.24, 2.45) is 0 Å². The Morgan fingerprint density at radius 3 is 2.56 bits per heavy atom. The quantitative estimate of drug-likeness (QED) is 0.691. The molecule has 1 amide bonds. The number of anilines is 1. The number of hydrogen-bond donors (Lipinski definition) is 2. The Morgan fingerprint density at radius 1 is 1.16 bits per heavy atom. The second-order valence-electron chi connectivity index (χ2n) is 5.44. The predicted octanol–water partition coefficient (Wildman–Crippen LogP) is 4.01. The molecule has 0 atom stereocenters. The average molecular weight is 335 g/mol. The Morgan fingerprint density at radius 2 is 1.88 bits per heavy atom. The van der Waals surface area contributed by atoms with E-state index in [4.69, 9.17) is 4.74 Å². The molecule has 126 valence electrons. The highest BCUT2D eigenvalue weighted by molar-refractivity contribution is 6.12. The van der Waals surface area contributed by atoms with Gasteiger partial charge in [-0.25, -0.2) is 0 Å². The second kappa shape index (κ2) is 7.05. The summed E-state index contributed by atoms with van der Waals surface area (Å²) >= 11 is 0. The second-order valence-corrected chi connectivity index (χ2v) is 5.44. The molecule has 0 saturated heterocycles. The first kappa shape index (κ1) is 16.5. The summed E-state index contributed by atoms with van der Waals surface area (Å²) in [4.78, 5) is 23.9. The van der Waals surface area contributed by atoms with Gasteiger partial charge in [-0.3, -0.25) is 9.59 Å². The van der Waals surface area contributed by atoms with E-state index in [-0.39, 0.29) is 16.9 Å². The number of phenolic OH excluding ortho intramolecular Hbond substituents is 1. The summed E-state index contributed by atoms with van der Waals surface area (Å²) in [5.74, 6) is -0.107. The van der Waals surface area contributed by atoms with Crippen LogP contribution in [0.4, 0.5) is 5.69 Å². The minimum Gasteiger partial charge on any atom is -0.506 e. The van der Waals surface area contributed by atoms with Crippen molar-refractivity contribution in [2.45, 2.75) is 6.92 Å². The van der Waals surface area contributed by atoms with Gasteiger partial charge in [0.05, 0.1) is 17.7 Å². The first-order chi connectivity index (χ1) is 12.1. The van der Waals surface area contributed by atoms with Crippen molar-refractivity contribution in [2.75, 3.05) is 11.9 Å². The summed E-state index contributed by atoms with van der Waals surface area (Å²) < 4.78 is 5.36. The number of aldehydes is 1. The van der Waals surface area contributed by atoms with Crippen LogP contribution in [0, 0.1) is 0 Å². The van der Waals surface area contributed by atoms with Gasteiger partial charge in [-0.05, 0) is 48.0 Å². The van der Waals surface area contributed by atoms with E-state index in [1.165, 1.54) is 0 Å². The van der Waals surface area contributed by atoms with Crippen LogP contribution in [0.5, 0.6) is 11.5 Å². The highest BCUT2D eigenvalue weighted by Gasteiger charge is 2.17. The molecule has 0 heterocycles. The Labute approximate surface area is 144 Å². The topological polar surface area (TPSA) is 75.6 Å². The molecular weight excluding hydrogens is 318 g/mol. The molecule has 25 heavy (non-hydrogen) atoms. The maximum absolute atomic E-state index is 12.5. The molecule has 0 aliphatic heterocycles. The monoisotopic (exact) mass is 335 g/mol. The molecule has 0 unspecified atom stereocenters. The molecule has 5 heteroatoms. The molecule has 2 N–H and O–H groups in total. The minimum atomic E-state index is -0.490. The van der Waals surface area contributed by atoms with Crippen molar-refractivity contribution in [3.63, 3.8) is 0 Å². The van der Waals surface area contributed by atoms with Crippen LogP contribution in [0.2, 0.25) is 0 Å². The normalized spacial score (nSPS) is 10.4. The van der Waals surface area contributed by atoms with Gasteiger partial charge in [-0.15, -0.1) is 0 Å². The van der Waals surface area contributed by atoms with Gasteiger partial charge in [-0.2, -0.15) is 0 Å². The van der Waals surface area contributed by atoms with E-state index in [0.29, 0.717) is 35.1 Å². The van der Waals surface area contributed by atoms with Crippen LogP contribution in [0.25, 0.3) is 10.8 Å². The van der Waals surface area contributed by atoms with Gasteiger partial charge in [0.1, 0.15) is 11.5 Å². The summed E-state index contributed by atoms with van der Waals surface area (Å²) in [6.07, 6.45) is 0.561. The number of amides is 1. The Bertz CT molecular complexity index is 932. The van der Waals surface area contributed by atoms with Crippen molar-refractivity contribution in [1.29, 1.82) is 0 Å². The summed E-state index contributed by atoms with van der Waals surface area (Å²) in [5, 5.41) is 14.4. The number of ether oxygens (including phenoxy) is 1. The van der Waals surface area contributed by atoms with Crippen molar-refractivity contribution >= 4 is 28.7 Å². The highest BCUT2D eigenvalue weighted by atomic mass is 16.5. The molecule has 0 bridgehead atoms. The Hall–Kier alpha value is -3.34. The van der Waals surface area contributed by atoms with Gasteiger partial charge in [0, 0.05) is 5.69 Å². The van der Waals surface area contributed by atoms with Gasteiger partial charge in [0.15, 0.2) is 6.29 Å². The zero-order valence-corrected chi connectivity index (χ0v) is 13.7. The van der Waals surface area contributed by atoms with E-state index in [2.05, 4.69) is 5.32 Å². The van der Waals surface area contributed by atoms with Gasteiger partial charge in [0.2, 0.25) is 0 Å². The fraction of sp³-hybridized carbons (Fsp3) is 0.100. The first-order valence-corrected chi connectivity index (χ1v) is 7.88. The number of benzene rings is 3. The van der Waals surface area contributed by atoms with Crippen molar-refractivity contribution < 1.29 is 19.4 Å². The van der Waals surface area contributed by atoms with Crippen LogP contribution >= 0.6 is 0 Å². The molecule has 0 fully saturated rings. The number of carbonyl (C=O) groups is 2. The fourth-order valence-corrected chi connectivity index (χ4v) is 2.66. The molecule has 5 nitrogen and oxygen atoms in total. The third-order valence-corrected chi connectivity index (χ3v) is 3.85. The Balaban J connectivity index is 1.94. The molecule has 3 aromatic carbocycles. The van der Waals surface area contributed by atoms with E-state index in [1.54, 1.807) is 48.5 Å². The van der Waals surface area contributed by atoms with E-state index in [9.17, 15) is 14.7 Å². The van der Waals surface area contributed by atoms with Crippen LogP contribution in [-0.2, 0) is 0 Å². The number of rotatable bonds is 5.